The quantitative estimate of drug-likeness (QED) is 0.619. The van der Waals surface area contributed by atoms with Gasteiger partial charge in [-0.2, -0.15) is 0 Å². The Bertz CT molecular complexity index is 587. The zero-order valence-electron chi connectivity index (χ0n) is 12.7. The van der Waals surface area contributed by atoms with E-state index in [2.05, 4.69) is 16.4 Å². The fourth-order valence-corrected chi connectivity index (χ4v) is 4.93. The molecule has 1 aliphatic carbocycles. The number of aromatic nitrogens is 1. The number of amides is 1. The van der Waals surface area contributed by atoms with Gasteiger partial charge in [0.05, 0.1) is 10.2 Å². The Balaban J connectivity index is 1.36. The van der Waals surface area contributed by atoms with Crippen molar-refractivity contribution in [3.8, 4) is 0 Å². The van der Waals surface area contributed by atoms with Gasteiger partial charge in [-0.05, 0) is 31.4 Å². The Kier molecular flexibility index (Phi) is 5.73. The fourth-order valence-electron chi connectivity index (χ4n) is 2.85. The minimum atomic E-state index is 0.219. The minimum absolute atomic E-state index is 0.219. The molecule has 1 heterocycles. The first-order valence-electron chi connectivity index (χ1n) is 8.09. The Morgan fingerprint density at radius 3 is 2.91 bits per heavy atom. The van der Waals surface area contributed by atoms with Crippen molar-refractivity contribution in [2.75, 3.05) is 5.75 Å². The van der Waals surface area contributed by atoms with Crippen LogP contribution in [-0.4, -0.2) is 22.7 Å². The number of fused-ring (bicyclic) bond motifs is 1. The second-order valence-electron chi connectivity index (χ2n) is 5.80. The molecule has 1 saturated carbocycles. The summed E-state index contributed by atoms with van der Waals surface area (Å²) in [6.45, 7) is 0. The third-order valence-electron chi connectivity index (χ3n) is 4.02. The van der Waals surface area contributed by atoms with Crippen molar-refractivity contribution >= 4 is 39.2 Å². The van der Waals surface area contributed by atoms with Crippen LogP contribution in [0.1, 0.15) is 44.9 Å². The maximum atomic E-state index is 11.9. The molecule has 1 N–H and O–H groups in total. The lowest BCUT2D eigenvalue weighted by molar-refractivity contribution is -0.122. The van der Waals surface area contributed by atoms with Crippen LogP contribution in [0.3, 0.4) is 0 Å². The van der Waals surface area contributed by atoms with Gasteiger partial charge in [0, 0.05) is 18.2 Å². The SMILES string of the molecule is O=C(CCCSc1nc2ccccc2s1)NC1CCCCC1. The summed E-state index contributed by atoms with van der Waals surface area (Å²) in [5.41, 5.74) is 1.07. The molecular formula is C17H22N2OS2. The number of para-hydroxylation sites is 1. The van der Waals surface area contributed by atoms with Crippen molar-refractivity contribution in [1.29, 1.82) is 0 Å². The number of hydrogen-bond donors (Lipinski definition) is 1. The van der Waals surface area contributed by atoms with Crippen molar-refractivity contribution in [2.24, 2.45) is 0 Å². The zero-order chi connectivity index (χ0) is 15.2. The average molecular weight is 335 g/mol. The van der Waals surface area contributed by atoms with Gasteiger partial charge in [0.25, 0.3) is 0 Å². The Labute approximate surface area is 139 Å². The number of nitrogens with zero attached hydrogens (tertiary/aromatic N) is 1. The molecule has 2 aromatic rings. The van der Waals surface area contributed by atoms with Crippen LogP contribution in [-0.2, 0) is 4.79 Å². The van der Waals surface area contributed by atoms with Gasteiger partial charge in [-0.3, -0.25) is 4.79 Å². The first-order valence-corrected chi connectivity index (χ1v) is 9.89. The highest BCUT2D eigenvalue weighted by molar-refractivity contribution is 8.01. The van der Waals surface area contributed by atoms with Gasteiger partial charge in [-0.25, -0.2) is 4.98 Å². The standard InChI is InChI=1S/C17H22N2OS2/c20-16(18-13-7-2-1-3-8-13)11-6-12-21-17-19-14-9-4-5-10-15(14)22-17/h4-5,9-10,13H,1-3,6-8,11-12H2,(H,18,20). The number of hydrogen-bond acceptors (Lipinski definition) is 4. The minimum Gasteiger partial charge on any atom is -0.353 e. The van der Waals surface area contributed by atoms with Gasteiger partial charge in [0.2, 0.25) is 5.91 Å². The maximum Gasteiger partial charge on any atom is 0.220 e. The fraction of sp³-hybridized carbons (Fsp3) is 0.529. The van der Waals surface area contributed by atoms with Crippen LogP contribution in [0.4, 0.5) is 0 Å². The molecule has 1 aliphatic rings. The first-order chi connectivity index (χ1) is 10.8. The molecule has 5 heteroatoms. The van der Waals surface area contributed by atoms with Crippen LogP contribution in [0.5, 0.6) is 0 Å². The van der Waals surface area contributed by atoms with E-state index in [-0.39, 0.29) is 5.91 Å². The molecule has 3 rings (SSSR count). The summed E-state index contributed by atoms with van der Waals surface area (Å²) in [5.74, 6) is 1.18. The molecule has 0 aliphatic heterocycles. The summed E-state index contributed by atoms with van der Waals surface area (Å²) in [7, 11) is 0. The van der Waals surface area contributed by atoms with Gasteiger partial charge in [-0.15, -0.1) is 11.3 Å². The predicted molar refractivity (Wildman–Crippen MR) is 94.6 cm³/mol. The number of thiazole rings is 1. The molecule has 1 fully saturated rings. The number of benzene rings is 1. The van der Waals surface area contributed by atoms with Crippen LogP contribution in [0.2, 0.25) is 0 Å². The summed E-state index contributed by atoms with van der Waals surface area (Å²) in [4.78, 5) is 16.5. The third-order valence-corrected chi connectivity index (χ3v) is 6.28. The molecule has 0 spiro atoms. The molecule has 0 unspecified atom stereocenters. The number of carbonyl (C=O) groups excluding carboxylic acids is 1. The van der Waals surface area contributed by atoms with E-state index in [0.717, 1.165) is 34.9 Å². The molecular weight excluding hydrogens is 312 g/mol. The van der Waals surface area contributed by atoms with Crippen molar-refractivity contribution < 1.29 is 4.79 Å². The molecule has 1 aromatic carbocycles. The highest BCUT2D eigenvalue weighted by Gasteiger charge is 2.15. The van der Waals surface area contributed by atoms with E-state index in [0.29, 0.717) is 12.5 Å². The van der Waals surface area contributed by atoms with E-state index >= 15 is 0 Å². The number of carbonyl (C=O) groups is 1. The Morgan fingerprint density at radius 2 is 2.09 bits per heavy atom. The Morgan fingerprint density at radius 1 is 1.27 bits per heavy atom. The lowest BCUT2D eigenvalue weighted by atomic mass is 9.95. The first kappa shape index (κ1) is 15.8. The van der Waals surface area contributed by atoms with Crippen molar-refractivity contribution in [3.63, 3.8) is 0 Å². The molecule has 0 atom stereocenters. The summed E-state index contributed by atoms with van der Waals surface area (Å²) in [5, 5.41) is 3.18. The van der Waals surface area contributed by atoms with Crippen molar-refractivity contribution in [2.45, 2.75) is 55.3 Å². The van der Waals surface area contributed by atoms with E-state index in [1.54, 1.807) is 23.1 Å². The molecule has 0 radical (unpaired) electrons. The lowest BCUT2D eigenvalue weighted by Crippen LogP contribution is -2.36. The van der Waals surface area contributed by atoms with E-state index < -0.39 is 0 Å². The van der Waals surface area contributed by atoms with E-state index in [1.807, 2.05) is 18.2 Å². The predicted octanol–water partition coefficient (Wildman–Crippen LogP) is 4.62. The Hall–Kier alpha value is -1.07. The van der Waals surface area contributed by atoms with Gasteiger partial charge >= 0.3 is 0 Å². The van der Waals surface area contributed by atoms with Crippen LogP contribution < -0.4 is 5.32 Å². The van der Waals surface area contributed by atoms with Gasteiger partial charge in [0.1, 0.15) is 0 Å². The largest absolute Gasteiger partial charge is 0.353 e. The summed E-state index contributed by atoms with van der Waals surface area (Å²) in [6, 6.07) is 8.65. The molecule has 3 nitrogen and oxygen atoms in total. The smallest absolute Gasteiger partial charge is 0.220 e. The summed E-state index contributed by atoms with van der Waals surface area (Å²) in [6.07, 6.45) is 7.72. The van der Waals surface area contributed by atoms with Crippen LogP contribution in [0, 0.1) is 0 Å². The molecule has 1 aromatic heterocycles. The average Bonchev–Trinajstić information content (AvgIpc) is 2.95. The molecule has 0 bridgehead atoms. The molecule has 1 amide bonds. The second-order valence-corrected chi connectivity index (χ2v) is 8.17. The molecule has 22 heavy (non-hydrogen) atoms. The molecule has 118 valence electrons. The van der Waals surface area contributed by atoms with Crippen LogP contribution >= 0.6 is 23.1 Å². The van der Waals surface area contributed by atoms with Gasteiger partial charge in [-0.1, -0.05) is 43.2 Å². The van der Waals surface area contributed by atoms with Gasteiger partial charge < -0.3 is 5.32 Å². The van der Waals surface area contributed by atoms with Gasteiger partial charge in [0.15, 0.2) is 4.34 Å². The highest BCUT2D eigenvalue weighted by Crippen LogP contribution is 2.29. The number of nitrogens with one attached hydrogen (secondary N) is 1. The van der Waals surface area contributed by atoms with Crippen LogP contribution in [0.25, 0.3) is 10.2 Å². The van der Waals surface area contributed by atoms with E-state index in [9.17, 15) is 4.79 Å². The highest BCUT2D eigenvalue weighted by atomic mass is 32.2. The third kappa shape index (κ3) is 4.46. The second kappa shape index (κ2) is 7.97. The summed E-state index contributed by atoms with van der Waals surface area (Å²) < 4.78 is 2.34. The summed E-state index contributed by atoms with van der Waals surface area (Å²) >= 11 is 3.50. The monoisotopic (exact) mass is 334 g/mol. The normalized spacial score (nSPS) is 16.0. The van der Waals surface area contributed by atoms with Crippen LogP contribution in [0.15, 0.2) is 28.6 Å². The zero-order valence-corrected chi connectivity index (χ0v) is 14.3. The van der Waals surface area contributed by atoms with Crippen molar-refractivity contribution in [1.82, 2.24) is 10.3 Å². The number of thioether (sulfide) groups is 1. The van der Waals surface area contributed by atoms with Crippen molar-refractivity contribution in [3.05, 3.63) is 24.3 Å². The topological polar surface area (TPSA) is 42.0 Å². The van der Waals surface area contributed by atoms with E-state index in [1.165, 1.54) is 24.0 Å². The number of rotatable bonds is 6. The maximum absolute atomic E-state index is 11.9. The van der Waals surface area contributed by atoms with E-state index in [4.69, 9.17) is 0 Å². The molecule has 0 saturated heterocycles. The lowest BCUT2D eigenvalue weighted by Gasteiger charge is -2.22.